The van der Waals surface area contributed by atoms with Crippen LogP contribution < -0.4 is 15.2 Å². The summed E-state index contributed by atoms with van der Waals surface area (Å²) in [6.07, 6.45) is 2.48. The number of fused-ring (bicyclic) bond motifs is 1. The lowest BCUT2D eigenvalue weighted by Gasteiger charge is -2.33. The summed E-state index contributed by atoms with van der Waals surface area (Å²) in [5.74, 6) is 0.273. The topological polar surface area (TPSA) is 138 Å². The number of rotatable bonds is 3. The molecule has 0 radical (unpaired) electrons. The minimum atomic E-state index is -3.86. The number of benzene rings is 2. The third-order valence-electron chi connectivity index (χ3n) is 6.26. The summed E-state index contributed by atoms with van der Waals surface area (Å²) in [5, 5.41) is 9.11. The van der Waals surface area contributed by atoms with E-state index in [0.29, 0.717) is 41.2 Å². The van der Waals surface area contributed by atoms with Crippen LogP contribution in [0, 0.1) is 16.7 Å². The third-order valence-corrected chi connectivity index (χ3v) is 7.17. The maximum atomic E-state index is 13.0. The zero-order chi connectivity index (χ0) is 22.5. The first-order valence-electron chi connectivity index (χ1n) is 10.3. The first kappa shape index (κ1) is 20.3. The summed E-state index contributed by atoms with van der Waals surface area (Å²) in [5.41, 5.74) is 7.50. The van der Waals surface area contributed by atoms with Gasteiger partial charge in [0.25, 0.3) is 5.91 Å². The van der Waals surface area contributed by atoms with E-state index < -0.39 is 10.2 Å². The van der Waals surface area contributed by atoms with Crippen LogP contribution in [0.25, 0.3) is 0 Å². The molecule has 3 N–H and O–H groups in total. The molecule has 1 saturated carbocycles. The highest BCUT2D eigenvalue weighted by Gasteiger charge is 2.58. The van der Waals surface area contributed by atoms with Crippen LogP contribution in [0.4, 0.5) is 5.69 Å². The number of carbonyl (C=O) groups excluding carboxylic acids is 1. The molecule has 1 aliphatic carbocycles. The van der Waals surface area contributed by atoms with Crippen molar-refractivity contribution >= 4 is 27.6 Å². The molecule has 0 bridgehead atoms. The lowest BCUT2D eigenvalue weighted by molar-refractivity contribution is 0.0613. The van der Waals surface area contributed by atoms with E-state index in [1.165, 1.54) is 0 Å². The molecule has 1 unspecified atom stereocenters. The van der Waals surface area contributed by atoms with E-state index in [-0.39, 0.29) is 23.3 Å². The van der Waals surface area contributed by atoms with E-state index >= 15 is 0 Å². The van der Waals surface area contributed by atoms with E-state index in [0.717, 1.165) is 19.3 Å². The van der Waals surface area contributed by atoms with Crippen molar-refractivity contribution < 1.29 is 17.9 Å². The zero-order valence-corrected chi connectivity index (χ0v) is 17.9. The van der Waals surface area contributed by atoms with Gasteiger partial charge in [-0.05, 0) is 49.6 Å². The monoisotopic (exact) mass is 451 g/mol. The normalized spacial score (nSPS) is 25.2. The Kier molecular flexibility index (Phi) is 4.60. The predicted molar refractivity (Wildman–Crippen MR) is 117 cm³/mol. The fraction of sp³-hybridized carbons (Fsp3) is 0.318. The van der Waals surface area contributed by atoms with Crippen molar-refractivity contribution in [2.75, 3.05) is 17.8 Å². The highest BCUT2D eigenvalue weighted by atomic mass is 32.2. The first-order valence-corrected chi connectivity index (χ1v) is 11.7. The second-order valence-corrected chi connectivity index (χ2v) is 9.77. The summed E-state index contributed by atoms with van der Waals surface area (Å²) in [4.78, 5) is 14.8. The maximum Gasteiger partial charge on any atom is 0.344 e. The van der Waals surface area contributed by atoms with Crippen LogP contribution in [-0.2, 0) is 10.2 Å². The van der Waals surface area contributed by atoms with E-state index in [4.69, 9.17) is 15.7 Å². The fourth-order valence-corrected chi connectivity index (χ4v) is 5.46. The van der Waals surface area contributed by atoms with Gasteiger partial charge in [0.05, 0.1) is 22.9 Å². The summed E-state index contributed by atoms with van der Waals surface area (Å²) in [7, 11) is -3.86. The molecule has 0 aromatic heterocycles. The maximum absolute atomic E-state index is 13.0. The number of likely N-dealkylation sites (tertiary alicyclic amines) is 1. The Morgan fingerprint density at radius 1 is 1.31 bits per heavy atom. The Labute approximate surface area is 185 Å². The van der Waals surface area contributed by atoms with Crippen molar-refractivity contribution in [1.82, 2.24) is 4.90 Å². The fourth-order valence-electron chi connectivity index (χ4n) is 4.61. The van der Waals surface area contributed by atoms with E-state index in [1.54, 1.807) is 42.5 Å². The summed E-state index contributed by atoms with van der Waals surface area (Å²) < 4.78 is 35.7. The van der Waals surface area contributed by atoms with Gasteiger partial charge in [0.15, 0.2) is 5.84 Å². The molecule has 2 aliphatic heterocycles. The number of ether oxygens (including phenoxy) is 1. The van der Waals surface area contributed by atoms with E-state index in [1.807, 2.05) is 4.90 Å². The number of carbonyl (C=O) groups is 1. The van der Waals surface area contributed by atoms with E-state index in [2.05, 4.69) is 15.2 Å². The number of piperidine rings is 1. The molecule has 1 amide bonds. The largest absolute Gasteiger partial charge is 0.489 e. The molecule has 1 saturated heterocycles. The van der Waals surface area contributed by atoms with Gasteiger partial charge >= 0.3 is 10.2 Å². The van der Waals surface area contributed by atoms with Gasteiger partial charge in [-0.1, -0.05) is 12.1 Å². The van der Waals surface area contributed by atoms with Crippen molar-refractivity contribution in [3.05, 3.63) is 59.2 Å². The molecule has 2 aromatic rings. The summed E-state index contributed by atoms with van der Waals surface area (Å²) in [6, 6.07) is 13.9. The summed E-state index contributed by atoms with van der Waals surface area (Å²) in [6.45, 7) is 1.23. The van der Waals surface area contributed by atoms with Crippen molar-refractivity contribution in [3.63, 3.8) is 0 Å². The molecule has 3 aliphatic rings. The molecule has 1 spiro atoms. The molecule has 5 rings (SSSR count). The molecule has 2 atom stereocenters. The molecule has 10 heteroatoms. The van der Waals surface area contributed by atoms with Gasteiger partial charge in [-0.3, -0.25) is 9.52 Å². The Bertz CT molecular complexity index is 1300. The number of hydrogen-bond donors (Lipinski definition) is 2. The van der Waals surface area contributed by atoms with Gasteiger partial charge in [0.2, 0.25) is 0 Å². The standard InChI is InChI=1S/C22H21N5O4S/c23-12-14-4-1-5-15(10-14)21(28)27-9-3-8-22(13-27)11-18(22)31-17-7-2-6-16-19(17)20(24)26-32(29,30)25-16/h1-2,4-7,10,18,25H,3,8-9,11,13H2,(H2,24,26)/t18-,22?/m1/s1. The molecule has 2 aromatic carbocycles. The van der Waals surface area contributed by atoms with Crippen molar-refractivity contribution in [3.8, 4) is 11.8 Å². The predicted octanol–water partition coefficient (Wildman–Crippen LogP) is 2.01. The molecule has 164 valence electrons. The van der Waals surface area contributed by atoms with Gasteiger partial charge in [0, 0.05) is 24.1 Å². The van der Waals surface area contributed by atoms with Gasteiger partial charge < -0.3 is 15.4 Å². The quantitative estimate of drug-likeness (QED) is 0.732. The van der Waals surface area contributed by atoms with Crippen molar-refractivity contribution in [2.24, 2.45) is 15.5 Å². The first-order chi connectivity index (χ1) is 15.3. The number of nitrogens with zero attached hydrogens (tertiary/aromatic N) is 3. The van der Waals surface area contributed by atoms with Gasteiger partial charge in [-0.2, -0.15) is 13.7 Å². The van der Waals surface area contributed by atoms with Crippen LogP contribution >= 0.6 is 0 Å². The molecular weight excluding hydrogens is 430 g/mol. The minimum Gasteiger partial charge on any atom is -0.489 e. The zero-order valence-electron chi connectivity index (χ0n) is 17.1. The minimum absolute atomic E-state index is 0.0882. The van der Waals surface area contributed by atoms with Crippen molar-refractivity contribution in [2.45, 2.75) is 25.4 Å². The van der Waals surface area contributed by atoms with Crippen LogP contribution in [0.5, 0.6) is 5.75 Å². The van der Waals surface area contributed by atoms with Crippen LogP contribution in [0.3, 0.4) is 0 Å². The second kappa shape index (κ2) is 7.24. The average Bonchev–Trinajstić information content (AvgIpc) is 3.41. The smallest absolute Gasteiger partial charge is 0.344 e. The van der Waals surface area contributed by atoms with Gasteiger partial charge in [-0.25, -0.2) is 0 Å². The average molecular weight is 452 g/mol. The van der Waals surface area contributed by atoms with Crippen LogP contribution in [0.2, 0.25) is 0 Å². The van der Waals surface area contributed by atoms with Gasteiger partial charge in [0.1, 0.15) is 11.9 Å². The molecular formula is C22H21N5O4S. The molecule has 32 heavy (non-hydrogen) atoms. The Morgan fingerprint density at radius 2 is 2.12 bits per heavy atom. The highest BCUT2D eigenvalue weighted by Crippen LogP contribution is 2.55. The Morgan fingerprint density at radius 3 is 2.94 bits per heavy atom. The number of amides is 1. The highest BCUT2D eigenvalue weighted by molar-refractivity contribution is 7.91. The molecule has 2 heterocycles. The third kappa shape index (κ3) is 3.54. The van der Waals surface area contributed by atoms with Crippen molar-refractivity contribution in [1.29, 1.82) is 5.26 Å². The lowest BCUT2D eigenvalue weighted by atomic mass is 9.93. The van der Waals surface area contributed by atoms with Crippen LogP contribution in [0.1, 0.15) is 40.7 Å². The molecule has 2 fully saturated rings. The SMILES string of the molecule is N#Cc1cccc(C(=O)N2CCCC3(C[C@H]3Oc3cccc4c3C(N)=NS(=O)(=O)N4)C2)c1. The Balaban J connectivity index is 1.33. The van der Waals surface area contributed by atoms with Gasteiger partial charge in [-0.15, -0.1) is 4.40 Å². The number of nitrogens with two attached hydrogens (primary N) is 1. The number of nitrogens with one attached hydrogen (secondary N) is 1. The van der Waals surface area contributed by atoms with E-state index in [9.17, 15) is 13.2 Å². The number of hydrogen-bond acceptors (Lipinski definition) is 6. The number of nitriles is 1. The molecule has 9 nitrogen and oxygen atoms in total. The number of anilines is 1. The Hall–Kier alpha value is -3.58. The van der Waals surface area contributed by atoms with Crippen LogP contribution in [0.15, 0.2) is 46.9 Å². The lowest BCUT2D eigenvalue weighted by Crippen LogP contribution is -2.42. The number of amidine groups is 1. The van der Waals surface area contributed by atoms with Crippen LogP contribution in [-0.4, -0.2) is 44.3 Å². The second-order valence-electron chi connectivity index (χ2n) is 8.43. The summed E-state index contributed by atoms with van der Waals surface area (Å²) >= 11 is 0.